The summed E-state index contributed by atoms with van der Waals surface area (Å²) in [6, 6.07) is 11.7. The van der Waals surface area contributed by atoms with Crippen molar-refractivity contribution >= 4 is 28.3 Å². The van der Waals surface area contributed by atoms with Crippen molar-refractivity contribution < 1.29 is 18.0 Å². The zero-order chi connectivity index (χ0) is 22.0. The number of carbonyl (C=O) groups is 1. The molecule has 2 aromatic carbocycles. The molecule has 162 valence electrons. The van der Waals surface area contributed by atoms with Crippen molar-refractivity contribution in [2.75, 3.05) is 10.6 Å². The molecule has 0 spiro atoms. The number of aromatic nitrogens is 2. The third-order valence-corrected chi connectivity index (χ3v) is 5.36. The summed E-state index contributed by atoms with van der Waals surface area (Å²) < 4.78 is 39.9. The Morgan fingerprint density at radius 3 is 2.58 bits per heavy atom. The van der Waals surface area contributed by atoms with Gasteiger partial charge in [0.05, 0.1) is 11.1 Å². The van der Waals surface area contributed by atoms with Gasteiger partial charge < -0.3 is 10.6 Å². The maximum atomic E-state index is 12.9. The molecule has 0 unspecified atom stereocenters. The molecule has 3 aromatic rings. The zero-order valence-electron chi connectivity index (χ0n) is 16.6. The van der Waals surface area contributed by atoms with Crippen molar-refractivity contribution in [1.82, 2.24) is 9.55 Å². The maximum absolute atomic E-state index is 12.9. The van der Waals surface area contributed by atoms with Crippen LogP contribution >= 0.6 is 0 Å². The second-order valence-electron chi connectivity index (χ2n) is 7.60. The summed E-state index contributed by atoms with van der Waals surface area (Å²) in [5.41, 5.74) is -0.929. The van der Waals surface area contributed by atoms with Crippen LogP contribution in [0.15, 0.2) is 53.3 Å². The van der Waals surface area contributed by atoms with Gasteiger partial charge in [-0.1, -0.05) is 31.0 Å². The molecule has 1 aromatic heterocycles. The number of rotatable bonds is 5. The van der Waals surface area contributed by atoms with Gasteiger partial charge in [0.2, 0.25) is 5.91 Å². The molecular formula is C22H21F3N4O2. The van der Waals surface area contributed by atoms with Crippen molar-refractivity contribution in [3.05, 3.63) is 64.6 Å². The summed E-state index contributed by atoms with van der Waals surface area (Å²) in [4.78, 5) is 29.3. The predicted octanol–water partition coefficient (Wildman–Crippen LogP) is 4.41. The van der Waals surface area contributed by atoms with Crippen LogP contribution in [0.1, 0.15) is 31.2 Å². The highest BCUT2D eigenvalue weighted by Gasteiger charge is 2.30. The Kier molecular flexibility index (Phi) is 5.67. The number of nitrogens with zero attached hydrogens (tertiary/aromatic N) is 2. The fourth-order valence-corrected chi connectivity index (χ4v) is 3.87. The SMILES string of the molecule is O=C(Cn1c(=O)nc(NC2CCCC2)c2ccccc21)Nc1cccc(C(F)(F)F)c1. The lowest BCUT2D eigenvalue weighted by Crippen LogP contribution is -2.31. The van der Waals surface area contributed by atoms with Crippen molar-refractivity contribution in [2.24, 2.45) is 0 Å². The summed E-state index contributed by atoms with van der Waals surface area (Å²) in [5, 5.41) is 6.47. The molecule has 31 heavy (non-hydrogen) atoms. The third-order valence-electron chi connectivity index (χ3n) is 5.36. The number of para-hydroxylation sites is 1. The minimum Gasteiger partial charge on any atom is -0.367 e. The third kappa shape index (κ3) is 4.70. The number of fused-ring (bicyclic) bond motifs is 1. The minimum atomic E-state index is -4.51. The molecular weight excluding hydrogens is 409 g/mol. The van der Waals surface area contributed by atoms with E-state index in [-0.39, 0.29) is 18.3 Å². The van der Waals surface area contributed by atoms with Gasteiger partial charge in [-0.25, -0.2) is 4.79 Å². The van der Waals surface area contributed by atoms with Crippen molar-refractivity contribution in [1.29, 1.82) is 0 Å². The minimum absolute atomic E-state index is 0.00431. The summed E-state index contributed by atoms with van der Waals surface area (Å²) in [7, 11) is 0. The van der Waals surface area contributed by atoms with Crippen molar-refractivity contribution in [2.45, 2.75) is 44.4 Å². The van der Waals surface area contributed by atoms with Gasteiger partial charge in [-0.15, -0.1) is 0 Å². The molecule has 1 aliphatic carbocycles. The fraction of sp³-hybridized carbons (Fsp3) is 0.318. The summed E-state index contributed by atoms with van der Waals surface area (Å²) in [5.74, 6) is -0.132. The van der Waals surface area contributed by atoms with E-state index in [1.54, 1.807) is 12.1 Å². The molecule has 0 aliphatic heterocycles. The van der Waals surface area contributed by atoms with Crippen LogP contribution < -0.4 is 16.3 Å². The number of halogens is 3. The van der Waals surface area contributed by atoms with Gasteiger partial charge in [-0.05, 0) is 43.2 Å². The van der Waals surface area contributed by atoms with Gasteiger partial charge in [0.1, 0.15) is 12.4 Å². The molecule has 0 atom stereocenters. The van der Waals surface area contributed by atoms with Crippen LogP contribution in [0.2, 0.25) is 0 Å². The number of benzene rings is 2. The lowest BCUT2D eigenvalue weighted by molar-refractivity contribution is -0.137. The van der Waals surface area contributed by atoms with Crippen LogP contribution in [-0.4, -0.2) is 21.5 Å². The lowest BCUT2D eigenvalue weighted by Gasteiger charge is -2.17. The average molecular weight is 430 g/mol. The summed E-state index contributed by atoms with van der Waals surface area (Å²) in [6.45, 7) is -0.369. The normalized spacial score (nSPS) is 14.7. The van der Waals surface area contributed by atoms with Gasteiger partial charge in [-0.2, -0.15) is 18.2 Å². The quantitative estimate of drug-likeness (QED) is 0.629. The summed E-state index contributed by atoms with van der Waals surface area (Å²) >= 11 is 0. The van der Waals surface area contributed by atoms with Crippen LogP contribution in [-0.2, 0) is 17.5 Å². The first-order chi connectivity index (χ1) is 14.8. The van der Waals surface area contributed by atoms with Gasteiger partial charge in [0.15, 0.2) is 0 Å². The Balaban J connectivity index is 1.59. The molecule has 1 aliphatic rings. The van der Waals surface area contributed by atoms with E-state index in [9.17, 15) is 22.8 Å². The molecule has 0 radical (unpaired) electrons. The Bertz CT molecular complexity index is 1170. The van der Waals surface area contributed by atoms with E-state index in [2.05, 4.69) is 15.6 Å². The monoisotopic (exact) mass is 430 g/mol. The molecule has 1 amide bonds. The molecule has 1 heterocycles. The number of hydrogen-bond donors (Lipinski definition) is 2. The number of nitrogens with one attached hydrogen (secondary N) is 2. The first-order valence-corrected chi connectivity index (χ1v) is 10.0. The molecule has 6 nitrogen and oxygen atoms in total. The topological polar surface area (TPSA) is 76.0 Å². The van der Waals surface area contributed by atoms with Gasteiger partial charge in [-0.3, -0.25) is 9.36 Å². The van der Waals surface area contributed by atoms with E-state index in [0.29, 0.717) is 16.7 Å². The lowest BCUT2D eigenvalue weighted by atomic mass is 10.2. The van der Waals surface area contributed by atoms with E-state index < -0.39 is 23.3 Å². The highest BCUT2D eigenvalue weighted by Crippen LogP contribution is 2.30. The Morgan fingerprint density at radius 1 is 1.10 bits per heavy atom. The average Bonchev–Trinajstić information content (AvgIpc) is 3.23. The Hall–Kier alpha value is -3.36. The Labute approximate surface area is 176 Å². The van der Waals surface area contributed by atoms with E-state index in [1.807, 2.05) is 12.1 Å². The van der Waals surface area contributed by atoms with Crippen molar-refractivity contribution in [3.8, 4) is 0 Å². The maximum Gasteiger partial charge on any atom is 0.416 e. The number of alkyl halides is 3. The standard InChI is InChI=1S/C22H21F3N4O2/c23-22(24,25)14-6-5-9-16(12-14)26-19(30)13-29-18-11-4-3-10-17(18)20(28-21(29)31)27-15-7-1-2-8-15/h3-6,9-12,15H,1-2,7-8,13H2,(H,26,30)(H,27,28,31). The fourth-order valence-electron chi connectivity index (χ4n) is 3.87. The van der Waals surface area contributed by atoms with E-state index >= 15 is 0 Å². The second-order valence-corrected chi connectivity index (χ2v) is 7.60. The van der Waals surface area contributed by atoms with Gasteiger partial charge in [0.25, 0.3) is 0 Å². The van der Waals surface area contributed by atoms with Crippen LogP contribution in [0.4, 0.5) is 24.7 Å². The van der Waals surface area contributed by atoms with Gasteiger partial charge in [0, 0.05) is 17.1 Å². The van der Waals surface area contributed by atoms with E-state index in [1.165, 1.54) is 16.7 Å². The number of amides is 1. The largest absolute Gasteiger partial charge is 0.416 e. The first kappa shape index (κ1) is 20.9. The molecule has 0 bridgehead atoms. The highest BCUT2D eigenvalue weighted by atomic mass is 19.4. The molecule has 4 rings (SSSR count). The first-order valence-electron chi connectivity index (χ1n) is 10.0. The van der Waals surface area contributed by atoms with Crippen LogP contribution in [0.5, 0.6) is 0 Å². The number of hydrogen-bond acceptors (Lipinski definition) is 4. The second kappa shape index (κ2) is 8.41. The van der Waals surface area contributed by atoms with Crippen LogP contribution in [0, 0.1) is 0 Å². The van der Waals surface area contributed by atoms with Crippen molar-refractivity contribution in [3.63, 3.8) is 0 Å². The number of anilines is 2. The van der Waals surface area contributed by atoms with Crippen LogP contribution in [0.3, 0.4) is 0 Å². The molecule has 1 saturated carbocycles. The highest BCUT2D eigenvalue weighted by molar-refractivity contribution is 5.93. The predicted molar refractivity (Wildman–Crippen MR) is 112 cm³/mol. The Morgan fingerprint density at radius 2 is 1.84 bits per heavy atom. The van der Waals surface area contributed by atoms with Gasteiger partial charge >= 0.3 is 11.9 Å². The van der Waals surface area contributed by atoms with E-state index in [0.717, 1.165) is 37.8 Å². The van der Waals surface area contributed by atoms with E-state index in [4.69, 9.17) is 0 Å². The zero-order valence-corrected chi connectivity index (χ0v) is 16.6. The molecule has 1 fully saturated rings. The van der Waals surface area contributed by atoms with Crippen LogP contribution in [0.25, 0.3) is 10.9 Å². The molecule has 2 N–H and O–H groups in total. The molecule has 9 heteroatoms. The summed E-state index contributed by atoms with van der Waals surface area (Å²) in [6.07, 6.45) is -0.234. The number of carbonyl (C=O) groups excluding carboxylic acids is 1. The smallest absolute Gasteiger partial charge is 0.367 e. The molecule has 0 saturated heterocycles.